The van der Waals surface area contributed by atoms with Gasteiger partial charge in [0.05, 0.1) is 12.2 Å². The quantitative estimate of drug-likeness (QED) is 0.687. The summed E-state index contributed by atoms with van der Waals surface area (Å²) in [6.45, 7) is 8.10. The summed E-state index contributed by atoms with van der Waals surface area (Å²) in [7, 11) is 0. The molecule has 2 nitrogen and oxygen atoms in total. The number of rotatable bonds is 3. The Morgan fingerprint density at radius 1 is 1.57 bits per heavy atom. The Morgan fingerprint density at radius 2 is 2.29 bits per heavy atom. The van der Waals surface area contributed by atoms with Gasteiger partial charge in [0.1, 0.15) is 0 Å². The van der Waals surface area contributed by atoms with Crippen molar-refractivity contribution in [3.63, 3.8) is 0 Å². The second kappa shape index (κ2) is 4.80. The van der Waals surface area contributed by atoms with E-state index in [-0.39, 0.29) is 11.9 Å². The maximum atomic E-state index is 11.4. The van der Waals surface area contributed by atoms with Gasteiger partial charge < -0.3 is 4.74 Å². The third kappa shape index (κ3) is 2.59. The topological polar surface area (TPSA) is 26.3 Å². The van der Waals surface area contributed by atoms with Crippen LogP contribution in [0.15, 0.2) is 24.3 Å². The largest absolute Gasteiger partial charge is 0.462 e. The van der Waals surface area contributed by atoms with Gasteiger partial charge in [0.15, 0.2) is 0 Å². The number of carbonyl (C=O) groups is 1. The van der Waals surface area contributed by atoms with Crippen LogP contribution in [0.25, 0.3) is 0 Å². The Hall–Kier alpha value is -1.31. The molecule has 0 fully saturated rings. The molecule has 0 saturated carbocycles. The van der Waals surface area contributed by atoms with Crippen LogP contribution in [0, 0.1) is 6.92 Å². The summed E-state index contributed by atoms with van der Waals surface area (Å²) in [6, 6.07) is 7.39. The van der Waals surface area contributed by atoms with E-state index in [2.05, 4.69) is 6.92 Å². The Kier molecular flexibility index (Phi) is 3.69. The lowest BCUT2D eigenvalue weighted by molar-refractivity contribution is 0.0526. The second-order valence-electron chi connectivity index (χ2n) is 3.25. The van der Waals surface area contributed by atoms with Gasteiger partial charge >= 0.3 is 5.97 Å². The summed E-state index contributed by atoms with van der Waals surface area (Å²) >= 11 is 0. The molecule has 2 heteroatoms. The number of benzene rings is 1. The van der Waals surface area contributed by atoms with Crippen molar-refractivity contribution >= 4 is 5.97 Å². The predicted molar refractivity (Wildman–Crippen MR) is 56.2 cm³/mol. The molecule has 0 heterocycles. The minimum atomic E-state index is -0.269. The highest BCUT2D eigenvalue weighted by molar-refractivity contribution is 5.89. The van der Waals surface area contributed by atoms with Crippen LogP contribution < -0.4 is 0 Å². The van der Waals surface area contributed by atoms with Crippen LogP contribution in [0.4, 0.5) is 0 Å². The van der Waals surface area contributed by atoms with Crippen LogP contribution in [0.3, 0.4) is 0 Å². The number of carbonyl (C=O) groups excluding carboxylic acids is 1. The molecule has 0 aliphatic carbocycles. The smallest absolute Gasteiger partial charge is 0.338 e. The van der Waals surface area contributed by atoms with E-state index in [0.717, 1.165) is 5.56 Å². The van der Waals surface area contributed by atoms with Crippen LogP contribution in [0.2, 0.25) is 0 Å². The standard InChI is InChI=1S/C12H15O2/c1-4-14-12(13)11-7-5-6-10(8-11)9(2)3/h5-9H,2,4H2,1,3H3. The van der Waals surface area contributed by atoms with E-state index in [1.165, 1.54) is 0 Å². The molecular formula is C12H15O2. The highest BCUT2D eigenvalue weighted by atomic mass is 16.5. The molecule has 1 unspecified atom stereocenters. The van der Waals surface area contributed by atoms with E-state index in [9.17, 15) is 4.79 Å². The molecule has 0 N–H and O–H groups in total. The fourth-order valence-electron chi connectivity index (χ4n) is 1.19. The molecule has 0 bridgehead atoms. The van der Waals surface area contributed by atoms with Crippen LogP contribution >= 0.6 is 0 Å². The molecule has 1 atom stereocenters. The Morgan fingerprint density at radius 3 is 2.86 bits per heavy atom. The molecule has 1 aromatic carbocycles. The van der Waals surface area contributed by atoms with Gasteiger partial charge in [0, 0.05) is 0 Å². The van der Waals surface area contributed by atoms with Crippen LogP contribution in [-0.2, 0) is 4.74 Å². The minimum absolute atomic E-state index is 0.185. The molecule has 75 valence electrons. The molecule has 0 amide bonds. The van der Waals surface area contributed by atoms with Crippen LogP contribution in [0.5, 0.6) is 0 Å². The van der Waals surface area contributed by atoms with Crippen molar-refractivity contribution in [3.8, 4) is 0 Å². The summed E-state index contributed by atoms with van der Waals surface area (Å²) in [6.07, 6.45) is 0. The van der Waals surface area contributed by atoms with Crippen molar-refractivity contribution in [2.45, 2.75) is 19.8 Å². The van der Waals surface area contributed by atoms with Gasteiger partial charge in [0.2, 0.25) is 0 Å². The first-order valence-electron chi connectivity index (χ1n) is 4.75. The molecule has 0 aliphatic heterocycles. The Bertz CT molecular complexity index is 316. The number of ether oxygens (including phenoxy) is 1. The molecule has 1 radical (unpaired) electrons. The van der Waals surface area contributed by atoms with Crippen molar-refractivity contribution in [1.29, 1.82) is 0 Å². The second-order valence-corrected chi connectivity index (χ2v) is 3.25. The predicted octanol–water partition coefficient (Wildman–Crippen LogP) is 2.80. The molecule has 0 saturated heterocycles. The molecule has 0 aliphatic rings. The van der Waals surface area contributed by atoms with Crippen molar-refractivity contribution in [3.05, 3.63) is 42.3 Å². The molecule has 1 rings (SSSR count). The maximum Gasteiger partial charge on any atom is 0.338 e. The van der Waals surface area contributed by atoms with E-state index in [4.69, 9.17) is 4.74 Å². The van der Waals surface area contributed by atoms with E-state index in [0.29, 0.717) is 12.2 Å². The Labute approximate surface area is 84.9 Å². The van der Waals surface area contributed by atoms with Gasteiger partial charge in [-0.3, -0.25) is 0 Å². The lowest BCUT2D eigenvalue weighted by Gasteiger charge is -2.07. The van der Waals surface area contributed by atoms with Crippen molar-refractivity contribution in [2.24, 2.45) is 0 Å². The summed E-state index contributed by atoms with van der Waals surface area (Å²) < 4.78 is 4.90. The number of esters is 1. The average molecular weight is 191 g/mol. The van der Waals surface area contributed by atoms with Gasteiger partial charge in [-0.05, 0) is 37.5 Å². The minimum Gasteiger partial charge on any atom is -0.462 e. The van der Waals surface area contributed by atoms with Crippen molar-refractivity contribution < 1.29 is 9.53 Å². The normalized spacial score (nSPS) is 10.3. The summed E-state index contributed by atoms with van der Waals surface area (Å²) in [5.74, 6) is -0.0839. The van der Waals surface area contributed by atoms with Gasteiger partial charge in [0.25, 0.3) is 0 Å². The van der Waals surface area contributed by atoms with Crippen molar-refractivity contribution in [2.75, 3.05) is 6.61 Å². The van der Waals surface area contributed by atoms with Gasteiger partial charge in [-0.15, -0.1) is 0 Å². The Balaban J connectivity index is 2.88. The van der Waals surface area contributed by atoms with Crippen LogP contribution in [-0.4, -0.2) is 12.6 Å². The fraction of sp³-hybridized carbons (Fsp3) is 0.333. The van der Waals surface area contributed by atoms with Gasteiger partial charge in [-0.25, -0.2) is 4.79 Å². The first-order chi connectivity index (χ1) is 6.65. The highest BCUT2D eigenvalue weighted by Crippen LogP contribution is 2.15. The van der Waals surface area contributed by atoms with E-state index < -0.39 is 0 Å². The zero-order valence-corrected chi connectivity index (χ0v) is 8.62. The zero-order valence-electron chi connectivity index (χ0n) is 8.62. The van der Waals surface area contributed by atoms with Crippen molar-refractivity contribution in [1.82, 2.24) is 0 Å². The highest BCUT2D eigenvalue weighted by Gasteiger charge is 2.07. The fourth-order valence-corrected chi connectivity index (χ4v) is 1.19. The van der Waals surface area contributed by atoms with Gasteiger partial charge in [-0.2, -0.15) is 0 Å². The first kappa shape index (κ1) is 10.8. The SMILES string of the molecule is [CH2]C(C)c1cccc(C(=O)OCC)c1. The summed E-state index contributed by atoms with van der Waals surface area (Å²) in [5, 5.41) is 0. The lowest BCUT2D eigenvalue weighted by Crippen LogP contribution is -2.05. The zero-order chi connectivity index (χ0) is 10.6. The summed E-state index contributed by atoms with van der Waals surface area (Å²) in [5.41, 5.74) is 1.65. The molecule has 1 aromatic rings. The monoisotopic (exact) mass is 191 g/mol. The van der Waals surface area contributed by atoms with E-state index in [1.807, 2.05) is 25.1 Å². The molecular weight excluding hydrogens is 176 g/mol. The first-order valence-corrected chi connectivity index (χ1v) is 4.75. The van der Waals surface area contributed by atoms with E-state index in [1.54, 1.807) is 13.0 Å². The van der Waals surface area contributed by atoms with Gasteiger partial charge in [-0.1, -0.05) is 19.1 Å². The van der Waals surface area contributed by atoms with Crippen LogP contribution in [0.1, 0.15) is 35.7 Å². The third-order valence-corrected chi connectivity index (χ3v) is 1.97. The average Bonchev–Trinajstić information content (AvgIpc) is 2.18. The maximum absolute atomic E-state index is 11.4. The molecule has 0 spiro atoms. The molecule has 0 aromatic heterocycles. The number of hydrogen-bond acceptors (Lipinski definition) is 2. The lowest BCUT2D eigenvalue weighted by atomic mass is 10.0. The summed E-state index contributed by atoms with van der Waals surface area (Å²) in [4.78, 5) is 11.4. The molecule has 14 heavy (non-hydrogen) atoms. The van der Waals surface area contributed by atoms with E-state index >= 15 is 0 Å². The third-order valence-electron chi connectivity index (χ3n) is 1.97. The number of hydrogen-bond donors (Lipinski definition) is 0.